The summed E-state index contributed by atoms with van der Waals surface area (Å²) in [5.74, 6) is 0. The summed E-state index contributed by atoms with van der Waals surface area (Å²) in [6.07, 6.45) is 2.37. The number of hydrogen-bond acceptors (Lipinski definition) is 3. The van der Waals surface area contributed by atoms with Crippen LogP contribution in [0.15, 0.2) is 23.1 Å². The zero-order chi connectivity index (χ0) is 10.7. The molecule has 0 aliphatic carbocycles. The first-order chi connectivity index (χ1) is 7.25. The normalized spacial score (nSPS) is 21.5. The van der Waals surface area contributed by atoms with Crippen molar-refractivity contribution in [3.63, 3.8) is 0 Å². The van der Waals surface area contributed by atoms with E-state index >= 15 is 0 Å². The van der Waals surface area contributed by atoms with Crippen molar-refractivity contribution in [3.05, 3.63) is 23.2 Å². The Bertz CT molecular complexity index is 339. The van der Waals surface area contributed by atoms with Crippen molar-refractivity contribution < 1.29 is 4.74 Å². The molecule has 1 aromatic rings. The first-order valence-electron chi connectivity index (χ1n) is 5.05. The number of nitrogen functional groups attached to an aromatic ring is 1. The summed E-state index contributed by atoms with van der Waals surface area (Å²) in [7, 11) is 0. The molecule has 0 amide bonds. The number of anilines is 1. The van der Waals surface area contributed by atoms with Gasteiger partial charge in [0.2, 0.25) is 0 Å². The molecule has 1 aromatic carbocycles. The van der Waals surface area contributed by atoms with E-state index in [1.807, 2.05) is 30.0 Å². The van der Waals surface area contributed by atoms with Gasteiger partial charge in [0.25, 0.3) is 0 Å². The van der Waals surface area contributed by atoms with Crippen LogP contribution >= 0.6 is 23.4 Å². The molecule has 1 fully saturated rings. The number of ether oxygens (including phenoxy) is 1. The Morgan fingerprint density at radius 2 is 2.33 bits per heavy atom. The lowest BCUT2D eigenvalue weighted by atomic mass is 10.2. The molecule has 2 nitrogen and oxygen atoms in total. The maximum absolute atomic E-state index is 5.96. The van der Waals surface area contributed by atoms with Crippen LogP contribution in [0, 0.1) is 0 Å². The van der Waals surface area contributed by atoms with Gasteiger partial charge in [0.1, 0.15) is 0 Å². The van der Waals surface area contributed by atoms with E-state index < -0.39 is 0 Å². The Kier molecular flexibility index (Phi) is 3.78. The molecule has 1 aliphatic rings. The third kappa shape index (κ3) is 3.03. The van der Waals surface area contributed by atoms with Gasteiger partial charge in [-0.1, -0.05) is 11.6 Å². The third-order valence-electron chi connectivity index (χ3n) is 2.39. The predicted molar refractivity (Wildman–Crippen MR) is 65.6 cm³/mol. The summed E-state index contributed by atoms with van der Waals surface area (Å²) in [6.45, 7) is 1.74. The van der Waals surface area contributed by atoms with Crippen LogP contribution in [0.4, 0.5) is 5.69 Å². The van der Waals surface area contributed by atoms with Crippen LogP contribution in [0.1, 0.15) is 12.8 Å². The number of thioether (sulfide) groups is 1. The maximum Gasteiger partial charge on any atom is 0.0646 e. The average Bonchev–Trinajstić information content (AvgIpc) is 2.25. The molecule has 2 rings (SSSR count). The van der Waals surface area contributed by atoms with Gasteiger partial charge in [-0.2, -0.15) is 0 Å². The molecule has 2 N–H and O–H groups in total. The van der Waals surface area contributed by atoms with Crippen molar-refractivity contribution in [2.75, 3.05) is 18.9 Å². The van der Waals surface area contributed by atoms with Crippen molar-refractivity contribution in [1.82, 2.24) is 0 Å². The lowest BCUT2D eigenvalue weighted by molar-refractivity contribution is 0.101. The van der Waals surface area contributed by atoms with Crippen LogP contribution < -0.4 is 5.73 Å². The standard InChI is InChI=1S/C11H14ClNOS/c12-10-6-8(3-4-11(10)13)15-9-2-1-5-14-7-9/h3-4,6,9H,1-2,5,7,13H2. The Morgan fingerprint density at radius 3 is 3.00 bits per heavy atom. The second-order valence-corrected chi connectivity index (χ2v) is 5.42. The van der Waals surface area contributed by atoms with Gasteiger partial charge >= 0.3 is 0 Å². The fourth-order valence-electron chi connectivity index (χ4n) is 1.58. The minimum atomic E-state index is 0.554. The Morgan fingerprint density at radius 1 is 1.47 bits per heavy atom. The minimum Gasteiger partial charge on any atom is -0.398 e. The Balaban J connectivity index is 2.00. The molecule has 1 heterocycles. The van der Waals surface area contributed by atoms with E-state index in [9.17, 15) is 0 Å². The van der Waals surface area contributed by atoms with Gasteiger partial charge in [-0.3, -0.25) is 0 Å². The van der Waals surface area contributed by atoms with E-state index in [0.717, 1.165) is 19.6 Å². The quantitative estimate of drug-likeness (QED) is 0.811. The van der Waals surface area contributed by atoms with E-state index in [-0.39, 0.29) is 0 Å². The largest absolute Gasteiger partial charge is 0.398 e. The van der Waals surface area contributed by atoms with Crippen molar-refractivity contribution in [2.24, 2.45) is 0 Å². The SMILES string of the molecule is Nc1ccc(SC2CCCOC2)cc1Cl. The topological polar surface area (TPSA) is 35.2 Å². The summed E-state index contributed by atoms with van der Waals surface area (Å²) in [6, 6.07) is 5.80. The zero-order valence-electron chi connectivity index (χ0n) is 8.41. The molecule has 0 radical (unpaired) electrons. The van der Waals surface area contributed by atoms with E-state index in [0.29, 0.717) is 16.0 Å². The van der Waals surface area contributed by atoms with Crippen LogP contribution in [0.25, 0.3) is 0 Å². The van der Waals surface area contributed by atoms with Crippen molar-refractivity contribution in [2.45, 2.75) is 23.0 Å². The summed E-state index contributed by atoms with van der Waals surface area (Å²) >= 11 is 7.78. The summed E-state index contributed by atoms with van der Waals surface area (Å²) in [5, 5.41) is 1.19. The van der Waals surface area contributed by atoms with E-state index in [1.165, 1.54) is 11.3 Å². The Labute approximate surface area is 99.1 Å². The number of benzene rings is 1. The second-order valence-electron chi connectivity index (χ2n) is 3.64. The van der Waals surface area contributed by atoms with Crippen molar-refractivity contribution >= 4 is 29.1 Å². The van der Waals surface area contributed by atoms with Crippen LogP contribution in [0.2, 0.25) is 5.02 Å². The van der Waals surface area contributed by atoms with Crippen LogP contribution in [0.5, 0.6) is 0 Å². The van der Waals surface area contributed by atoms with Crippen LogP contribution in [-0.2, 0) is 4.74 Å². The molecule has 1 saturated heterocycles. The van der Waals surface area contributed by atoms with Gasteiger partial charge in [0.05, 0.1) is 17.3 Å². The van der Waals surface area contributed by atoms with Gasteiger partial charge < -0.3 is 10.5 Å². The summed E-state index contributed by atoms with van der Waals surface area (Å²) < 4.78 is 5.43. The first-order valence-corrected chi connectivity index (χ1v) is 6.31. The highest BCUT2D eigenvalue weighted by Crippen LogP contribution is 2.32. The first kappa shape index (κ1) is 11.1. The molecule has 1 aliphatic heterocycles. The molecule has 0 aromatic heterocycles. The van der Waals surface area contributed by atoms with Crippen LogP contribution in [0.3, 0.4) is 0 Å². The number of rotatable bonds is 2. The zero-order valence-corrected chi connectivity index (χ0v) is 9.98. The average molecular weight is 244 g/mol. The molecule has 1 unspecified atom stereocenters. The molecule has 82 valence electrons. The fraction of sp³-hybridized carbons (Fsp3) is 0.455. The van der Waals surface area contributed by atoms with Crippen LogP contribution in [-0.4, -0.2) is 18.5 Å². The maximum atomic E-state index is 5.96. The molecule has 1 atom stereocenters. The van der Waals surface area contributed by atoms with Gasteiger partial charge in [-0.15, -0.1) is 11.8 Å². The summed E-state index contributed by atoms with van der Waals surface area (Å²) in [4.78, 5) is 1.17. The van der Waals surface area contributed by atoms with E-state index in [4.69, 9.17) is 22.1 Å². The Hall–Kier alpha value is -0.380. The van der Waals surface area contributed by atoms with Gasteiger partial charge in [0.15, 0.2) is 0 Å². The highest BCUT2D eigenvalue weighted by Gasteiger charge is 2.15. The van der Waals surface area contributed by atoms with Crippen molar-refractivity contribution in [1.29, 1.82) is 0 Å². The molecular formula is C11H14ClNOS. The third-order valence-corrected chi connectivity index (χ3v) is 3.95. The number of nitrogens with two attached hydrogens (primary N) is 1. The van der Waals surface area contributed by atoms with Crippen molar-refractivity contribution in [3.8, 4) is 0 Å². The highest BCUT2D eigenvalue weighted by atomic mass is 35.5. The van der Waals surface area contributed by atoms with Gasteiger partial charge in [-0.25, -0.2) is 0 Å². The van der Waals surface area contributed by atoms with E-state index in [2.05, 4.69) is 0 Å². The lowest BCUT2D eigenvalue weighted by Crippen LogP contribution is -2.19. The minimum absolute atomic E-state index is 0.554. The van der Waals surface area contributed by atoms with Gasteiger partial charge in [0, 0.05) is 16.8 Å². The molecule has 0 saturated carbocycles. The fourth-order valence-corrected chi connectivity index (χ4v) is 2.99. The molecule has 0 spiro atoms. The highest BCUT2D eigenvalue weighted by molar-refractivity contribution is 8.00. The summed E-state index contributed by atoms with van der Waals surface area (Å²) in [5.41, 5.74) is 6.30. The molecule has 0 bridgehead atoms. The number of halogens is 1. The number of hydrogen-bond donors (Lipinski definition) is 1. The van der Waals surface area contributed by atoms with Gasteiger partial charge in [-0.05, 0) is 31.0 Å². The lowest BCUT2D eigenvalue weighted by Gasteiger charge is -2.21. The predicted octanol–water partition coefficient (Wildman–Crippen LogP) is 3.19. The van der Waals surface area contributed by atoms with E-state index in [1.54, 1.807) is 0 Å². The molecular weight excluding hydrogens is 230 g/mol. The monoisotopic (exact) mass is 243 g/mol. The molecule has 4 heteroatoms. The second kappa shape index (κ2) is 5.10. The smallest absolute Gasteiger partial charge is 0.0646 e. The molecule has 15 heavy (non-hydrogen) atoms.